The Morgan fingerprint density at radius 1 is 1.09 bits per heavy atom. The molecule has 0 aliphatic carbocycles. The van der Waals surface area contributed by atoms with Gasteiger partial charge in [-0.2, -0.15) is 5.10 Å². The van der Waals surface area contributed by atoms with Crippen molar-refractivity contribution in [1.29, 1.82) is 0 Å². The summed E-state index contributed by atoms with van der Waals surface area (Å²) in [7, 11) is 0. The zero-order valence-electron chi connectivity index (χ0n) is 17.7. The van der Waals surface area contributed by atoms with Gasteiger partial charge in [0.25, 0.3) is 0 Å². The van der Waals surface area contributed by atoms with Crippen LogP contribution in [0, 0.1) is 17.5 Å². The van der Waals surface area contributed by atoms with Crippen molar-refractivity contribution in [3.05, 3.63) is 83.7 Å². The highest BCUT2D eigenvalue weighted by Crippen LogP contribution is 2.29. The number of ether oxygens (including phenoxy) is 1. The van der Waals surface area contributed by atoms with E-state index in [0.29, 0.717) is 25.9 Å². The van der Waals surface area contributed by atoms with Gasteiger partial charge in [-0.3, -0.25) is 4.90 Å². The summed E-state index contributed by atoms with van der Waals surface area (Å²) in [5, 5.41) is 15.4. The molecule has 1 fully saturated rings. The molecule has 0 spiro atoms. The molecule has 2 aromatic carbocycles. The van der Waals surface area contributed by atoms with Gasteiger partial charge >= 0.3 is 5.97 Å². The molecule has 1 unspecified atom stereocenters. The van der Waals surface area contributed by atoms with Crippen molar-refractivity contribution in [2.24, 2.45) is 0 Å². The summed E-state index contributed by atoms with van der Waals surface area (Å²) in [6.45, 7) is 0.872. The SMILES string of the molecule is O=C(OC1CCN(CC(O)(Cn2cncn2)c2ccc(F)cc2F)CC1)c1ccccc1F. The summed E-state index contributed by atoms with van der Waals surface area (Å²) in [5.74, 6) is -2.95. The lowest BCUT2D eigenvalue weighted by atomic mass is 9.91. The molecule has 0 radical (unpaired) electrons. The van der Waals surface area contributed by atoms with Gasteiger partial charge in [0, 0.05) is 31.3 Å². The summed E-state index contributed by atoms with van der Waals surface area (Å²) in [6, 6.07) is 8.68. The van der Waals surface area contributed by atoms with E-state index >= 15 is 0 Å². The van der Waals surface area contributed by atoms with Crippen LogP contribution >= 0.6 is 0 Å². The molecular formula is C23H23F3N4O3. The first-order chi connectivity index (χ1) is 15.8. The van der Waals surface area contributed by atoms with E-state index in [9.17, 15) is 23.1 Å². The van der Waals surface area contributed by atoms with E-state index in [1.807, 2.05) is 4.90 Å². The summed E-state index contributed by atoms with van der Waals surface area (Å²) in [6.07, 6.45) is 3.23. The Balaban J connectivity index is 1.43. The fourth-order valence-corrected chi connectivity index (χ4v) is 4.07. The van der Waals surface area contributed by atoms with Crippen molar-refractivity contribution >= 4 is 5.97 Å². The quantitative estimate of drug-likeness (QED) is 0.547. The first-order valence-electron chi connectivity index (χ1n) is 10.5. The maximum absolute atomic E-state index is 14.6. The molecular weight excluding hydrogens is 437 g/mol. The minimum Gasteiger partial charge on any atom is -0.459 e. The van der Waals surface area contributed by atoms with Crippen LogP contribution in [0.1, 0.15) is 28.8 Å². The predicted molar refractivity (Wildman–Crippen MR) is 112 cm³/mol. The average Bonchev–Trinajstić information content (AvgIpc) is 3.28. The Hall–Kier alpha value is -3.24. The second-order valence-electron chi connectivity index (χ2n) is 8.11. The van der Waals surface area contributed by atoms with E-state index in [0.717, 1.165) is 12.1 Å². The molecule has 4 rings (SSSR count). The minimum absolute atomic E-state index is 0.0450. The first-order valence-corrected chi connectivity index (χ1v) is 10.5. The largest absolute Gasteiger partial charge is 0.459 e. The molecule has 1 saturated heterocycles. The number of nitrogens with zero attached hydrogens (tertiary/aromatic N) is 4. The molecule has 0 saturated carbocycles. The highest BCUT2D eigenvalue weighted by molar-refractivity contribution is 5.89. The highest BCUT2D eigenvalue weighted by atomic mass is 19.1. The molecule has 174 valence electrons. The number of hydrogen-bond donors (Lipinski definition) is 1. The maximum Gasteiger partial charge on any atom is 0.341 e. The lowest BCUT2D eigenvalue weighted by molar-refractivity contribution is -0.0397. The Bertz CT molecular complexity index is 1100. The molecule has 10 heteroatoms. The number of likely N-dealkylation sites (tertiary alicyclic amines) is 1. The Kier molecular flexibility index (Phi) is 6.75. The van der Waals surface area contributed by atoms with Crippen LogP contribution in [0.2, 0.25) is 0 Å². The molecule has 3 aromatic rings. The third-order valence-electron chi connectivity index (χ3n) is 5.71. The van der Waals surface area contributed by atoms with Crippen LogP contribution in [0.15, 0.2) is 55.1 Å². The van der Waals surface area contributed by atoms with Crippen molar-refractivity contribution < 1.29 is 27.8 Å². The van der Waals surface area contributed by atoms with Gasteiger partial charge in [-0.15, -0.1) is 0 Å². The summed E-state index contributed by atoms with van der Waals surface area (Å²) in [4.78, 5) is 18.0. The van der Waals surface area contributed by atoms with Crippen LogP contribution in [-0.4, -0.2) is 56.5 Å². The number of rotatable bonds is 7. The number of piperidine rings is 1. The van der Waals surface area contributed by atoms with Crippen LogP contribution in [0.25, 0.3) is 0 Å². The van der Waals surface area contributed by atoms with E-state index in [1.165, 1.54) is 41.6 Å². The van der Waals surface area contributed by atoms with Crippen LogP contribution in [0.3, 0.4) is 0 Å². The third kappa shape index (κ3) is 5.40. The number of carbonyl (C=O) groups excluding carboxylic acids is 1. The van der Waals surface area contributed by atoms with Gasteiger partial charge in [0.1, 0.15) is 41.8 Å². The lowest BCUT2D eigenvalue weighted by Gasteiger charge is -2.38. The molecule has 7 nitrogen and oxygen atoms in total. The number of halogens is 3. The topological polar surface area (TPSA) is 80.5 Å². The summed E-state index contributed by atoms with van der Waals surface area (Å²) >= 11 is 0. The monoisotopic (exact) mass is 460 g/mol. The number of β-amino-alcohol motifs (C(OH)–C–C–N with tert-alkyl or cyclic N) is 1. The molecule has 1 aliphatic rings. The van der Waals surface area contributed by atoms with Crippen LogP contribution < -0.4 is 0 Å². The molecule has 1 aliphatic heterocycles. The van der Waals surface area contributed by atoms with Gasteiger partial charge in [0.15, 0.2) is 0 Å². The van der Waals surface area contributed by atoms with Gasteiger partial charge in [-0.1, -0.05) is 18.2 Å². The van der Waals surface area contributed by atoms with E-state index in [1.54, 1.807) is 6.07 Å². The number of benzene rings is 2. The second kappa shape index (κ2) is 9.72. The Labute approximate surface area is 188 Å². The minimum atomic E-state index is -1.71. The summed E-state index contributed by atoms with van der Waals surface area (Å²) in [5.41, 5.74) is -1.87. The standard InChI is InChI=1S/C23H23F3N4O3/c24-16-5-6-19(21(26)11-16)23(32,13-30-15-27-14-28-30)12-29-9-7-17(8-10-29)33-22(31)18-3-1-2-4-20(18)25/h1-6,11,14-15,17,32H,7-10,12-13H2. The van der Waals surface area contributed by atoms with Crippen molar-refractivity contribution in [2.75, 3.05) is 19.6 Å². The van der Waals surface area contributed by atoms with Crippen molar-refractivity contribution in [2.45, 2.75) is 31.1 Å². The Morgan fingerprint density at radius 3 is 2.52 bits per heavy atom. The van der Waals surface area contributed by atoms with Gasteiger partial charge in [0.05, 0.1) is 12.1 Å². The fourth-order valence-electron chi connectivity index (χ4n) is 4.07. The number of esters is 1. The van der Waals surface area contributed by atoms with Gasteiger partial charge in [-0.25, -0.2) is 27.6 Å². The van der Waals surface area contributed by atoms with Gasteiger partial charge in [0.2, 0.25) is 0 Å². The van der Waals surface area contributed by atoms with E-state index < -0.39 is 35.1 Å². The Morgan fingerprint density at radius 2 is 1.85 bits per heavy atom. The zero-order valence-corrected chi connectivity index (χ0v) is 17.7. The molecule has 33 heavy (non-hydrogen) atoms. The number of hydrogen-bond acceptors (Lipinski definition) is 6. The lowest BCUT2D eigenvalue weighted by Crippen LogP contribution is -2.48. The predicted octanol–water partition coefficient (Wildman–Crippen LogP) is 2.90. The van der Waals surface area contributed by atoms with Gasteiger partial charge in [-0.05, 0) is 31.0 Å². The number of carbonyl (C=O) groups is 1. The average molecular weight is 460 g/mol. The van der Waals surface area contributed by atoms with Crippen molar-refractivity contribution in [3.8, 4) is 0 Å². The van der Waals surface area contributed by atoms with Gasteiger partial charge < -0.3 is 9.84 Å². The molecule has 1 aromatic heterocycles. The first kappa shape index (κ1) is 22.9. The normalized spacial score (nSPS) is 17.0. The zero-order chi connectivity index (χ0) is 23.4. The summed E-state index contributed by atoms with van der Waals surface area (Å²) < 4.78 is 48.7. The smallest absolute Gasteiger partial charge is 0.341 e. The molecule has 0 amide bonds. The third-order valence-corrected chi connectivity index (χ3v) is 5.71. The van der Waals surface area contributed by atoms with E-state index in [4.69, 9.17) is 4.74 Å². The molecule has 1 N–H and O–H groups in total. The number of aromatic nitrogens is 3. The van der Waals surface area contributed by atoms with E-state index in [-0.39, 0.29) is 24.2 Å². The molecule has 2 heterocycles. The van der Waals surface area contributed by atoms with Crippen molar-refractivity contribution in [3.63, 3.8) is 0 Å². The second-order valence-corrected chi connectivity index (χ2v) is 8.11. The fraction of sp³-hybridized carbons (Fsp3) is 0.348. The van der Waals surface area contributed by atoms with Crippen molar-refractivity contribution in [1.82, 2.24) is 19.7 Å². The maximum atomic E-state index is 14.6. The number of aliphatic hydroxyl groups is 1. The van der Waals surface area contributed by atoms with Crippen LogP contribution in [0.5, 0.6) is 0 Å². The molecule has 1 atom stereocenters. The van der Waals surface area contributed by atoms with E-state index in [2.05, 4.69) is 10.1 Å². The van der Waals surface area contributed by atoms with Crippen LogP contribution in [-0.2, 0) is 16.9 Å². The highest BCUT2D eigenvalue weighted by Gasteiger charge is 2.37. The molecule has 0 bridgehead atoms. The van der Waals surface area contributed by atoms with Crippen LogP contribution in [0.4, 0.5) is 13.2 Å².